The summed E-state index contributed by atoms with van der Waals surface area (Å²) in [4.78, 5) is 20.4. The number of nitrogens with zero attached hydrogens (tertiary/aromatic N) is 1. The van der Waals surface area contributed by atoms with Crippen LogP contribution in [-0.4, -0.2) is 25.4 Å². The molecule has 116 valence electrons. The molecule has 0 aliphatic carbocycles. The Labute approximate surface area is 125 Å². The number of carboxylic acids is 1. The lowest BCUT2D eigenvalue weighted by Gasteiger charge is -2.23. The Hall–Kier alpha value is -1.71. The molecule has 0 unspecified atom stereocenters. The molecule has 0 aliphatic rings. The van der Waals surface area contributed by atoms with Crippen LogP contribution < -0.4 is 9.83 Å². The molecule has 1 N–H and O–H groups in total. The fourth-order valence-corrected chi connectivity index (χ4v) is 3.03. The zero-order chi connectivity index (χ0) is 16.4. The van der Waals surface area contributed by atoms with Gasteiger partial charge in [0.25, 0.3) is 5.69 Å². The zero-order valence-electron chi connectivity index (χ0n) is 11.1. The van der Waals surface area contributed by atoms with Crippen molar-refractivity contribution in [3.05, 3.63) is 33.3 Å². The number of rotatable bonds is 6. The van der Waals surface area contributed by atoms with Gasteiger partial charge in [0.05, 0.1) is 21.8 Å². The van der Waals surface area contributed by atoms with Gasteiger partial charge in [-0.15, -0.1) is 0 Å². The number of sulfonamides is 1. The van der Waals surface area contributed by atoms with E-state index in [0.29, 0.717) is 0 Å². The maximum absolute atomic E-state index is 12.1. The van der Waals surface area contributed by atoms with Crippen molar-refractivity contribution >= 4 is 33.3 Å². The fraction of sp³-hybridized carbons (Fsp3) is 0.364. The van der Waals surface area contributed by atoms with E-state index < -0.39 is 43.5 Å². The second-order valence-corrected chi connectivity index (χ2v) is 6.65. The molecule has 0 saturated heterocycles. The minimum absolute atomic E-state index is 0.223. The molecule has 0 saturated carbocycles. The van der Waals surface area contributed by atoms with E-state index in [1.54, 1.807) is 0 Å². The van der Waals surface area contributed by atoms with Crippen molar-refractivity contribution in [1.29, 1.82) is 0 Å². The highest BCUT2D eigenvalue weighted by Gasteiger charge is 2.25. The molecule has 0 bridgehead atoms. The van der Waals surface area contributed by atoms with E-state index in [2.05, 4.69) is 0 Å². The molecule has 0 radical (unpaired) electrons. The van der Waals surface area contributed by atoms with Gasteiger partial charge in [0.15, 0.2) is 0 Å². The van der Waals surface area contributed by atoms with Crippen LogP contribution in [0.3, 0.4) is 0 Å². The summed E-state index contributed by atoms with van der Waals surface area (Å²) in [5.74, 6) is -2.15. The molecule has 0 aromatic heterocycles. The Morgan fingerprint density at radius 2 is 1.95 bits per heavy atom. The number of nitro benzene ring substituents is 1. The average Bonchev–Trinajstić information content (AvgIpc) is 2.35. The van der Waals surface area contributed by atoms with Crippen molar-refractivity contribution in [2.24, 2.45) is 5.92 Å². The molecule has 1 rings (SSSR count). The lowest BCUT2D eigenvalue weighted by atomic mass is 10.1. The number of nitro groups is 1. The number of carbonyl (C=O) groups is 1. The van der Waals surface area contributed by atoms with Crippen LogP contribution in [-0.2, 0) is 14.8 Å². The van der Waals surface area contributed by atoms with Gasteiger partial charge in [0.1, 0.15) is 5.02 Å². The van der Waals surface area contributed by atoms with E-state index in [-0.39, 0.29) is 5.02 Å². The summed E-state index contributed by atoms with van der Waals surface area (Å²) < 4.78 is 26.1. The SMILES string of the molecule is CC(C)[C@@H](NS(=O)(=O)c1ccc(Cl)c([N+](=O)[O-])c1)C(=O)[O-]. The van der Waals surface area contributed by atoms with Gasteiger partial charge < -0.3 is 9.90 Å². The van der Waals surface area contributed by atoms with Crippen LogP contribution in [0.15, 0.2) is 23.1 Å². The number of hydrogen-bond donors (Lipinski definition) is 1. The van der Waals surface area contributed by atoms with E-state index in [4.69, 9.17) is 11.6 Å². The third kappa shape index (κ3) is 4.13. The van der Waals surface area contributed by atoms with Gasteiger partial charge in [-0.3, -0.25) is 10.1 Å². The lowest BCUT2D eigenvalue weighted by Crippen LogP contribution is -2.50. The molecule has 1 aromatic carbocycles. The quantitative estimate of drug-likeness (QED) is 0.588. The number of carboxylic acid groups (broad SMARTS) is 1. The largest absolute Gasteiger partial charge is 0.548 e. The average molecular weight is 336 g/mol. The maximum atomic E-state index is 12.1. The van der Waals surface area contributed by atoms with Crippen LogP contribution >= 0.6 is 11.6 Å². The van der Waals surface area contributed by atoms with Gasteiger partial charge in [0.2, 0.25) is 10.0 Å². The Balaban J connectivity index is 3.22. The molecule has 8 nitrogen and oxygen atoms in total. The molecule has 10 heteroatoms. The summed E-state index contributed by atoms with van der Waals surface area (Å²) >= 11 is 5.59. The topological polar surface area (TPSA) is 129 Å². The van der Waals surface area contributed by atoms with Crippen LogP contribution in [0.1, 0.15) is 13.8 Å². The van der Waals surface area contributed by atoms with E-state index in [0.717, 1.165) is 18.2 Å². The van der Waals surface area contributed by atoms with Crippen LogP contribution in [0.2, 0.25) is 5.02 Å². The second kappa shape index (κ2) is 6.37. The summed E-state index contributed by atoms with van der Waals surface area (Å²) in [5, 5.41) is 21.4. The van der Waals surface area contributed by atoms with Crippen molar-refractivity contribution < 1.29 is 23.2 Å². The number of aliphatic carboxylic acids is 1. The summed E-state index contributed by atoms with van der Waals surface area (Å²) in [5.41, 5.74) is -0.589. The van der Waals surface area contributed by atoms with E-state index in [1.807, 2.05) is 4.72 Å². The first-order valence-electron chi connectivity index (χ1n) is 5.73. The standard InChI is InChI=1S/C11H13ClN2O6S/c1-6(2)10(11(15)16)13-21(19,20)7-3-4-8(12)9(5-7)14(17)18/h3-6,10,13H,1-2H3,(H,15,16)/p-1/t10-/m1/s1. The molecule has 21 heavy (non-hydrogen) atoms. The Morgan fingerprint density at radius 3 is 2.38 bits per heavy atom. The van der Waals surface area contributed by atoms with Gasteiger partial charge in [-0.25, -0.2) is 13.1 Å². The Kier molecular flexibility index (Phi) is 5.26. The van der Waals surface area contributed by atoms with Crippen LogP contribution in [0.4, 0.5) is 5.69 Å². The highest BCUT2D eigenvalue weighted by atomic mass is 35.5. The fourth-order valence-electron chi connectivity index (χ4n) is 1.49. The van der Waals surface area contributed by atoms with Crippen LogP contribution in [0, 0.1) is 16.0 Å². The first kappa shape index (κ1) is 17.3. The number of nitrogens with one attached hydrogen (secondary N) is 1. The predicted octanol–water partition coefficient (Wildman–Crippen LogP) is 0.301. The first-order valence-corrected chi connectivity index (χ1v) is 7.59. The third-order valence-corrected chi connectivity index (χ3v) is 4.39. The Morgan fingerprint density at radius 1 is 1.38 bits per heavy atom. The van der Waals surface area contributed by atoms with E-state index in [9.17, 15) is 28.4 Å². The third-order valence-electron chi connectivity index (χ3n) is 2.63. The summed E-state index contributed by atoms with van der Waals surface area (Å²) in [7, 11) is -4.26. The van der Waals surface area contributed by atoms with Gasteiger partial charge in [0, 0.05) is 6.07 Å². The number of benzene rings is 1. The van der Waals surface area contributed by atoms with Gasteiger partial charge in [-0.05, 0) is 18.1 Å². The lowest BCUT2D eigenvalue weighted by molar-refractivity contribution is -0.384. The number of hydrogen-bond acceptors (Lipinski definition) is 6. The van der Waals surface area contributed by atoms with Crippen molar-refractivity contribution in [3.63, 3.8) is 0 Å². The van der Waals surface area contributed by atoms with Gasteiger partial charge in [-0.1, -0.05) is 25.4 Å². The number of halogens is 1. The molecule has 0 aliphatic heterocycles. The van der Waals surface area contributed by atoms with E-state index >= 15 is 0 Å². The molecule has 1 atom stereocenters. The molecular weight excluding hydrogens is 324 g/mol. The highest BCUT2D eigenvalue weighted by molar-refractivity contribution is 7.89. The van der Waals surface area contributed by atoms with Crippen LogP contribution in [0.25, 0.3) is 0 Å². The van der Waals surface area contributed by atoms with Crippen LogP contribution in [0.5, 0.6) is 0 Å². The first-order chi connectivity index (χ1) is 9.56. The van der Waals surface area contributed by atoms with Gasteiger partial charge >= 0.3 is 0 Å². The molecule has 1 aromatic rings. The van der Waals surface area contributed by atoms with Crippen molar-refractivity contribution in [1.82, 2.24) is 4.72 Å². The maximum Gasteiger partial charge on any atom is 0.289 e. The second-order valence-electron chi connectivity index (χ2n) is 4.53. The molecule has 0 spiro atoms. The van der Waals surface area contributed by atoms with E-state index in [1.165, 1.54) is 13.8 Å². The summed E-state index contributed by atoms with van der Waals surface area (Å²) in [6, 6.07) is 1.41. The number of carbonyl (C=O) groups excluding carboxylic acids is 1. The van der Waals surface area contributed by atoms with Gasteiger partial charge in [-0.2, -0.15) is 0 Å². The molecular formula is C11H12ClN2O6S-. The molecule has 0 fully saturated rings. The summed E-state index contributed by atoms with van der Waals surface area (Å²) in [6.45, 7) is 2.99. The normalized spacial score (nSPS) is 13.1. The predicted molar refractivity (Wildman–Crippen MR) is 72.1 cm³/mol. The minimum atomic E-state index is -4.26. The van der Waals surface area contributed by atoms with Crippen molar-refractivity contribution in [3.8, 4) is 0 Å². The molecule has 0 heterocycles. The Bertz CT molecular complexity index is 673. The monoisotopic (exact) mass is 335 g/mol. The highest BCUT2D eigenvalue weighted by Crippen LogP contribution is 2.27. The zero-order valence-corrected chi connectivity index (χ0v) is 12.6. The summed E-state index contributed by atoms with van der Waals surface area (Å²) in [6.07, 6.45) is 0. The molecule has 0 amide bonds. The van der Waals surface area contributed by atoms with Crippen molar-refractivity contribution in [2.45, 2.75) is 24.8 Å². The van der Waals surface area contributed by atoms with Crippen molar-refractivity contribution in [2.75, 3.05) is 0 Å². The smallest absolute Gasteiger partial charge is 0.289 e. The minimum Gasteiger partial charge on any atom is -0.548 e.